The van der Waals surface area contributed by atoms with Crippen LogP contribution >= 0.6 is 0 Å². The molecule has 2 rings (SSSR count). The van der Waals surface area contributed by atoms with Gasteiger partial charge in [-0.1, -0.05) is 39.0 Å². The molecule has 0 amide bonds. The number of aromatic nitrogens is 1. The normalized spacial score (nSPS) is 11.4. The molecule has 0 spiro atoms. The molecule has 0 saturated carbocycles. The van der Waals surface area contributed by atoms with Crippen LogP contribution in [0.4, 0.5) is 0 Å². The summed E-state index contributed by atoms with van der Waals surface area (Å²) in [6.45, 7) is 7.87. The van der Waals surface area contributed by atoms with E-state index in [2.05, 4.69) is 43.2 Å². The van der Waals surface area contributed by atoms with Crippen molar-refractivity contribution in [2.24, 2.45) is 0 Å². The van der Waals surface area contributed by atoms with Crippen molar-refractivity contribution in [2.75, 3.05) is 7.05 Å². The van der Waals surface area contributed by atoms with Gasteiger partial charge in [0.1, 0.15) is 12.4 Å². The van der Waals surface area contributed by atoms with Crippen LogP contribution in [-0.4, -0.2) is 12.0 Å². The molecule has 0 unspecified atom stereocenters. The first-order valence-corrected chi connectivity index (χ1v) is 7.32. The molecule has 0 bridgehead atoms. The van der Waals surface area contributed by atoms with Gasteiger partial charge in [0.25, 0.3) is 0 Å². The highest BCUT2D eigenvalue weighted by Crippen LogP contribution is 2.25. The van der Waals surface area contributed by atoms with Crippen LogP contribution in [0.15, 0.2) is 42.5 Å². The second-order valence-electron chi connectivity index (χ2n) is 6.22. The lowest BCUT2D eigenvalue weighted by Gasteiger charge is -2.19. The highest BCUT2D eigenvalue weighted by atomic mass is 16.5. The van der Waals surface area contributed by atoms with E-state index in [1.807, 2.05) is 37.4 Å². The first-order chi connectivity index (χ1) is 9.99. The zero-order valence-corrected chi connectivity index (χ0v) is 13.3. The van der Waals surface area contributed by atoms with Gasteiger partial charge in [0, 0.05) is 6.54 Å². The monoisotopic (exact) mass is 284 g/mol. The van der Waals surface area contributed by atoms with Gasteiger partial charge in [-0.25, -0.2) is 0 Å². The number of hydrogen-bond acceptors (Lipinski definition) is 3. The summed E-state index contributed by atoms with van der Waals surface area (Å²) in [5.74, 6) is 0.892. The molecule has 1 aromatic heterocycles. The van der Waals surface area contributed by atoms with E-state index in [4.69, 9.17) is 4.74 Å². The quantitative estimate of drug-likeness (QED) is 0.909. The Kier molecular flexibility index (Phi) is 4.97. The van der Waals surface area contributed by atoms with Crippen molar-refractivity contribution in [3.05, 3.63) is 59.4 Å². The van der Waals surface area contributed by atoms with Crippen LogP contribution in [-0.2, 0) is 18.6 Å². The van der Waals surface area contributed by atoms with Crippen molar-refractivity contribution in [1.82, 2.24) is 10.3 Å². The number of ether oxygens (including phenoxy) is 1. The molecule has 1 N–H and O–H groups in total. The second-order valence-corrected chi connectivity index (χ2v) is 6.22. The van der Waals surface area contributed by atoms with Gasteiger partial charge in [0.2, 0.25) is 0 Å². The number of hydrogen-bond donors (Lipinski definition) is 1. The van der Waals surface area contributed by atoms with Crippen molar-refractivity contribution in [1.29, 1.82) is 0 Å². The molecule has 1 aromatic carbocycles. The van der Waals surface area contributed by atoms with Gasteiger partial charge in [-0.3, -0.25) is 4.98 Å². The van der Waals surface area contributed by atoms with Crippen LogP contribution in [0.1, 0.15) is 37.7 Å². The summed E-state index contributed by atoms with van der Waals surface area (Å²) >= 11 is 0. The lowest BCUT2D eigenvalue weighted by atomic mass is 9.87. The highest BCUT2D eigenvalue weighted by Gasteiger charge is 2.13. The minimum absolute atomic E-state index is 0.129. The maximum Gasteiger partial charge on any atom is 0.130 e. The summed E-state index contributed by atoms with van der Waals surface area (Å²) in [7, 11) is 1.92. The summed E-state index contributed by atoms with van der Waals surface area (Å²) in [5, 5.41) is 3.11. The number of nitrogens with zero attached hydrogens (tertiary/aromatic N) is 1. The number of nitrogens with one attached hydrogen (secondary N) is 1. The Balaban J connectivity index is 2.04. The van der Waals surface area contributed by atoms with E-state index in [-0.39, 0.29) is 5.41 Å². The topological polar surface area (TPSA) is 34.1 Å². The van der Waals surface area contributed by atoms with Crippen molar-refractivity contribution < 1.29 is 4.74 Å². The third-order valence-electron chi connectivity index (χ3n) is 3.31. The predicted octanol–water partition coefficient (Wildman–Crippen LogP) is 3.68. The smallest absolute Gasteiger partial charge is 0.130 e. The maximum atomic E-state index is 5.88. The first kappa shape index (κ1) is 15.5. The van der Waals surface area contributed by atoms with Crippen LogP contribution in [0.3, 0.4) is 0 Å². The Morgan fingerprint density at radius 1 is 1.05 bits per heavy atom. The molecule has 3 nitrogen and oxygen atoms in total. The third kappa shape index (κ3) is 4.57. The van der Waals surface area contributed by atoms with Gasteiger partial charge >= 0.3 is 0 Å². The molecule has 0 aliphatic rings. The minimum atomic E-state index is 0.129. The first-order valence-electron chi connectivity index (χ1n) is 7.32. The van der Waals surface area contributed by atoms with Crippen molar-refractivity contribution in [3.63, 3.8) is 0 Å². The fourth-order valence-electron chi connectivity index (χ4n) is 2.10. The molecule has 0 saturated heterocycles. The van der Waals surface area contributed by atoms with E-state index in [0.717, 1.165) is 23.7 Å². The molecular weight excluding hydrogens is 260 g/mol. The molecule has 3 heteroatoms. The average molecular weight is 284 g/mol. The van der Waals surface area contributed by atoms with Gasteiger partial charge in [-0.2, -0.15) is 0 Å². The third-order valence-corrected chi connectivity index (χ3v) is 3.31. The molecule has 0 fully saturated rings. The van der Waals surface area contributed by atoms with Crippen LogP contribution in [0, 0.1) is 0 Å². The average Bonchev–Trinajstić information content (AvgIpc) is 2.45. The Morgan fingerprint density at radius 2 is 1.76 bits per heavy atom. The van der Waals surface area contributed by atoms with E-state index >= 15 is 0 Å². The Labute approximate surface area is 127 Å². The molecule has 2 aromatic rings. The van der Waals surface area contributed by atoms with Gasteiger partial charge in [0.15, 0.2) is 0 Å². The Bertz CT molecular complexity index is 588. The lowest BCUT2D eigenvalue weighted by molar-refractivity contribution is 0.300. The lowest BCUT2D eigenvalue weighted by Crippen LogP contribution is -2.11. The summed E-state index contributed by atoms with van der Waals surface area (Å²) in [6, 6.07) is 14.3. The number of rotatable bonds is 5. The van der Waals surface area contributed by atoms with Crippen molar-refractivity contribution in [2.45, 2.75) is 39.3 Å². The maximum absolute atomic E-state index is 5.88. The molecule has 0 aliphatic carbocycles. The zero-order chi connectivity index (χ0) is 15.3. The molecule has 1 heterocycles. The van der Waals surface area contributed by atoms with Gasteiger partial charge in [-0.05, 0) is 42.3 Å². The molecule has 0 atom stereocenters. The van der Waals surface area contributed by atoms with Gasteiger partial charge in [0.05, 0.1) is 11.4 Å². The number of pyridine rings is 1. The van der Waals surface area contributed by atoms with E-state index in [9.17, 15) is 0 Å². The number of benzene rings is 1. The summed E-state index contributed by atoms with van der Waals surface area (Å²) in [6.07, 6.45) is 0. The Hall–Kier alpha value is -1.87. The largest absolute Gasteiger partial charge is 0.487 e. The van der Waals surface area contributed by atoms with Crippen molar-refractivity contribution >= 4 is 0 Å². The van der Waals surface area contributed by atoms with Gasteiger partial charge in [-0.15, -0.1) is 0 Å². The summed E-state index contributed by atoms with van der Waals surface area (Å²) < 4.78 is 5.88. The molecule has 112 valence electrons. The van der Waals surface area contributed by atoms with Gasteiger partial charge < -0.3 is 10.1 Å². The molecular formula is C18H24N2O. The van der Waals surface area contributed by atoms with Crippen LogP contribution in [0.5, 0.6) is 5.75 Å². The van der Waals surface area contributed by atoms with Crippen LogP contribution < -0.4 is 10.1 Å². The van der Waals surface area contributed by atoms with E-state index in [0.29, 0.717) is 6.61 Å². The van der Waals surface area contributed by atoms with E-state index in [1.54, 1.807) is 0 Å². The fourth-order valence-corrected chi connectivity index (χ4v) is 2.10. The highest BCUT2D eigenvalue weighted by molar-refractivity contribution is 5.32. The second kappa shape index (κ2) is 6.72. The molecule has 0 radical (unpaired) electrons. The molecule has 21 heavy (non-hydrogen) atoms. The minimum Gasteiger partial charge on any atom is -0.487 e. The molecule has 0 aliphatic heterocycles. The summed E-state index contributed by atoms with van der Waals surface area (Å²) in [5.41, 5.74) is 3.38. The predicted molar refractivity (Wildman–Crippen MR) is 86.5 cm³/mol. The zero-order valence-electron chi connectivity index (χ0n) is 13.3. The summed E-state index contributed by atoms with van der Waals surface area (Å²) in [4.78, 5) is 4.56. The fraction of sp³-hybridized carbons (Fsp3) is 0.389. The SMILES string of the molecule is CNCc1cccc(COc2cccc(C(C)(C)C)c2)n1. The Morgan fingerprint density at radius 3 is 2.48 bits per heavy atom. The van der Waals surface area contributed by atoms with Crippen LogP contribution in [0.2, 0.25) is 0 Å². The van der Waals surface area contributed by atoms with Crippen molar-refractivity contribution in [3.8, 4) is 5.75 Å². The van der Waals surface area contributed by atoms with E-state index < -0.39 is 0 Å². The van der Waals surface area contributed by atoms with E-state index in [1.165, 1.54) is 5.56 Å². The van der Waals surface area contributed by atoms with Crippen LogP contribution in [0.25, 0.3) is 0 Å². The standard InChI is InChI=1S/C18H24N2O/c1-18(2,3)14-7-5-10-17(11-14)21-13-16-9-6-8-15(20-16)12-19-4/h5-11,19H,12-13H2,1-4H3.